The van der Waals surface area contributed by atoms with Gasteiger partial charge in [0.05, 0.1) is 16.0 Å². The Morgan fingerprint density at radius 2 is 1.58 bits per heavy atom. The number of hydrogen-bond acceptors (Lipinski definition) is 3. The van der Waals surface area contributed by atoms with Crippen LogP contribution in [0.2, 0.25) is 0 Å². The van der Waals surface area contributed by atoms with Gasteiger partial charge >= 0.3 is 0 Å². The number of nitro benzene ring substituents is 1. The third-order valence-corrected chi connectivity index (χ3v) is 4.46. The standard InChI is InChI=1S/C21H17N3O2/c25-24(26)18-12-10-17(11-13-18)21-22-19-8-4-5-9-20(19)23(21)15-14-16-6-2-1-3-7-16/h1-13H,14-15H2. The lowest BCUT2D eigenvalue weighted by molar-refractivity contribution is -0.384. The highest BCUT2D eigenvalue weighted by Gasteiger charge is 2.14. The van der Waals surface area contributed by atoms with E-state index in [0.717, 1.165) is 35.4 Å². The molecule has 0 radical (unpaired) electrons. The van der Waals surface area contributed by atoms with Gasteiger partial charge in [-0.15, -0.1) is 0 Å². The van der Waals surface area contributed by atoms with Crippen molar-refractivity contribution in [3.63, 3.8) is 0 Å². The first-order chi connectivity index (χ1) is 12.7. The first-order valence-corrected chi connectivity index (χ1v) is 8.46. The molecule has 0 aliphatic carbocycles. The second-order valence-electron chi connectivity index (χ2n) is 6.12. The van der Waals surface area contributed by atoms with Crippen molar-refractivity contribution in [3.05, 3.63) is 94.5 Å². The summed E-state index contributed by atoms with van der Waals surface area (Å²) in [5, 5.41) is 10.9. The summed E-state index contributed by atoms with van der Waals surface area (Å²) in [5.41, 5.74) is 4.21. The van der Waals surface area contributed by atoms with Crippen molar-refractivity contribution in [2.45, 2.75) is 13.0 Å². The van der Waals surface area contributed by atoms with Crippen LogP contribution in [0.5, 0.6) is 0 Å². The zero-order valence-corrected chi connectivity index (χ0v) is 14.1. The van der Waals surface area contributed by atoms with E-state index < -0.39 is 0 Å². The van der Waals surface area contributed by atoms with Crippen LogP contribution in [0.15, 0.2) is 78.9 Å². The topological polar surface area (TPSA) is 61.0 Å². The Labute approximate surface area is 150 Å². The molecule has 4 rings (SSSR count). The molecule has 0 spiro atoms. The highest BCUT2D eigenvalue weighted by Crippen LogP contribution is 2.26. The molecule has 0 N–H and O–H groups in total. The summed E-state index contributed by atoms with van der Waals surface area (Å²) < 4.78 is 2.18. The van der Waals surface area contributed by atoms with Crippen LogP contribution in [0.3, 0.4) is 0 Å². The second-order valence-corrected chi connectivity index (χ2v) is 6.12. The van der Waals surface area contributed by atoms with Crippen LogP contribution in [0.1, 0.15) is 5.56 Å². The summed E-state index contributed by atoms with van der Waals surface area (Å²) >= 11 is 0. The Bertz CT molecular complexity index is 1050. The number of rotatable bonds is 5. The first-order valence-electron chi connectivity index (χ1n) is 8.46. The van der Waals surface area contributed by atoms with E-state index in [9.17, 15) is 10.1 Å². The maximum absolute atomic E-state index is 10.9. The van der Waals surface area contributed by atoms with Gasteiger partial charge in [0.2, 0.25) is 0 Å². The molecular weight excluding hydrogens is 326 g/mol. The van der Waals surface area contributed by atoms with E-state index in [0.29, 0.717) is 0 Å². The average molecular weight is 343 g/mol. The lowest BCUT2D eigenvalue weighted by atomic mass is 10.1. The van der Waals surface area contributed by atoms with Gasteiger partial charge in [-0.25, -0.2) is 4.98 Å². The maximum Gasteiger partial charge on any atom is 0.269 e. The molecule has 3 aromatic carbocycles. The lowest BCUT2D eigenvalue weighted by Crippen LogP contribution is -2.03. The Balaban J connectivity index is 1.75. The van der Waals surface area contributed by atoms with Crippen molar-refractivity contribution in [2.24, 2.45) is 0 Å². The molecule has 0 atom stereocenters. The monoisotopic (exact) mass is 343 g/mol. The van der Waals surface area contributed by atoms with Crippen LogP contribution in [-0.2, 0) is 13.0 Å². The highest BCUT2D eigenvalue weighted by molar-refractivity contribution is 5.80. The molecule has 0 unspecified atom stereocenters. The predicted octanol–water partition coefficient (Wildman–Crippen LogP) is 4.85. The van der Waals surface area contributed by atoms with Crippen LogP contribution >= 0.6 is 0 Å². The van der Waals surface area contributed by atoms with Gasteiger partial charge in [0, 0.05) is 24.2 Å². The van der Waals surface area contributed by atoms with Gasteiger partial charge in [-0.3, -0.25) is 10.1 Å². The zero-order valence-electron chi connectivity index (χ0n) is 14.1. The van der Waals surface area contributed by atoms with Crippen molar-refractivity contribution >= 4 is 16.7 Å². The van der Waals surface area contributed by atoms with Crippen LogP contribution in [0.25, 0.3) is 22.4 Å². The number of non-ortho nitro benzene ring substituents is 1. The van der Waals surface area contributed by atoms with E-state index in [1.807, 2.05) is 36.4 Å². The summed E-state index contributed by atoms with van der Waals surface area (Å²) in [6.45, 7) is 0.789. The normalized spacial score (nSPS) is 10.9. The summed E-state index contributed by atoms with van der Waals surface area (Å²) in [5.74, 6) is 0.831. The minimum Gasteiger partial charge on any atom is -0.324 e. The molecule has 0 saturated carbocycles. The number of fused-ring (bicyclic) bond motifs is 1. The molecular formula is C21H17N3O2. The van der Waals surface area contributed by atoms with Gasteiger partial charge in [0.1, 0.15) is 5.82 Å². The number of aryl methyl sites for hydroxylation is 2. The minimum absolute atomic E-state index is 0.0840. The molecule has 0 amide bonds. The average Bonchev–Trinajstić information content (AvgIpc) is 3.06. The fourth-order valence-corrected chi connectivity index (χ4v) is 3.14. The number of imidazole rings is 1. The van der Waals surface area contributed by atoms with Crippen LogP contribution < -0.4 is 0 Å². The molecule has 5 heteroatoms. The van der Waals surface area contributed by atoms with Gasteiger partial charge in [-0.2, -0.15) is 0 Å². The number of hydrogen-bond donors (Lipinski definition) is 0. The Morgan fingerprint density at radius 3 is 2.31 bits per heavy atom. The van der Waals surface area contributed by atoms with Crippen molar-refractivity contribution in [2.75, 3.05) is 0 Å². The Hall–Kier alpha value is -3.47. The van der Waals surface area contributed by atoms with Crippen molar-refractivity contribution < 1.29 is 4.92 Å². The molecule has 0 fully saturated rings. The fourth-order valence-electron chi connectivity index (χ4n) is 3.14. The number of benzene rings is 3. The molecule has 0 aliphatic rings. The van der Waals surface area contributed by atoms with E-state index in [-0.39, 0.29) is 10.6 Å². The largest absolute Gasteiger partial charge is 0.324 e. The quantitative estimate of drug-likeness (QED) is 0.384. The first kappa shape index (κ1) is 16.0. The van der Waals surface area contributed by atoms with Crippen molar-refractivity contribution in [3.8, 4) is 11.4 Å². The van der Waals surface area contributed by atoms with Gasteiger partial charge < -0.3 is 4.57 Å². The number of nitro groups is 1. The molecule has 1 heterocycles. The number of nitrogens with zero attached hydrogens (tertiary/aromatic N) is 3. The van der Waals surface area contributed by atoms with E-state index in [1.165, 1.54) is 17.7 Å². The number of aromatic nitrogens is 2. The molecule has 0 bridgehead atoms. The summed E-state index contributed by atoms with van der Waals surface area (Å²) in [4.78, 5) is 15.3. The lowest BCUT2D eigenvalue weighted by Gasteiger charge is -2.09. The Morgan fingerprint density at radius 1 is 0.885 bits per heavy atom. The minimum atomic E-state index is -0.387. The van der Waals surface area contributed by atoms with Crippen molar-refractivity contribution in [1.82, 2.24) is 9.55 Å². The van der Waals surface area contributed by atoms with Gasteiger partial charge in [-0.1, -0.05) is 42.5 Å². The molecule has 1 aromatic heterocycles. The number of para-hydroxylation sites is 2. The summed E-state index contributed by atoms with van der Waals surface area (Å²) in [6, 6.07) is 24.9. The maximum atomic E-state index is 10.9. The molecule has 4 aromatic rings. The molecule has 5 nitrogen and oxygen atoms in total. The van der Waals surface area contributed by atoms with E-state index >= 15 is 0 Å². The van der Waals surface area contributed by atoms with Gasteiger partial charge in [-0.05, 0) is 36.2 Å². The van der Waals surface area contributed by atoms with Crippen molar-refractivity contribution in [1.29, 1.82) is 0 Å². The highest BCUT2D eigenvalue weighted by atomic mass is 16.6. The smallest absolute Gasteiger partial charge is 0.269 e. The summed E-state index contributed by atoms with van der Waals surface area (Å²) in [7, 11) is 0. The Kier molecular flexibility index (Phi) is 4.19. The van der Waals surface area contributed by atoms with Gasteiger partial charge in [0.25, 0.3) is 5.69 Å². The van der Waals surface area contributed by atoms with E-state index in [1.54, 1.807) is 12.1 Å². The molecule has 0 saturated heterocycles. The second kappa shape index (κ2) is 6.80. The molecule has 128 valence electrons. The van der Waals surface area contributed by atoms with Crippen LogP contribution in [0.4, 0.5) is 5.69 Å². The molecule has 26 heavy (non-hydrogen) atoms. The third kappa shape index (κ3) is 3.07. The fraction of sp³-hybridized carbons (Fsp3) is 0.0952. The SMILES string of the molecule is O=[N+]([O-])c1ccc(-c2nc3ccccc3n2CCc2ccccc2)cc1. The summed E-state index contributed by atoms with van der Waals surface area (Å²) in [6.07, 6.45) is 0.890. The van der Waals surface area contributed by atoms with Crippen LogP contribution in [0, 0.1) is 10.1 Å². The van der Waals surface area contributed by atoms with E-state index in [2.05, 4.69) is 22.8 Å². The zero-order chi connectivity index (χ0) is 17.9. The third-order valence-electron chi connectivity index (χ3n) is 4.46. The van der Waals surface area contributed by atoms with Crippen LogP contribution in [-0.4, -0.2) is 14.5 Å². The molecule has 0 aliphatic heterocycles. The van der Waals surface area contributed by atoms with E-state index in [4.69, 9.17) is 4.98 Å². The predicted molar refractivity (Wildman–Crippen MR) is 102 cm³/mol. The van der Waals surface area contributed by atoms with Gasteiger partial charge in [0.15, 0.2) is 0 Å².